The smallest absolute Gasteiger partial charge is 0.379 e. The molecule has 0 aliphatic rings. The Balaban J connectivity index is 3.32. The Hall–Kier alpha value is -1.64. The van der Waals surface area contributed by atoms with E-state index in [0.717, 1.165) is 29.5 Å². The van der Waals surface area contributed by atoms with Crippen molar-refractivity contribution in [1.29, 1.82) is 0 Å². The van der Waals surface area contributed by atoms with E-state index in [9.17, 15) is 9.59 Å². The maximum atomic E-state index is 12.2. The summed E-state index contributed by atoms with van der Waals surface area (Å²) in [5, 5.41) is 0. The van der Waals surface area contributed by atoms with Crippen LogP contribution in [0.3, 0.4) is 0 Å². The lowest BCUT2D eigenvalue weighted by molar-refractivity contribution is -0.137. The van der Waals surface area contributed by atoms with Gasteiger partial charge in [-0.3, -0.25) is 4.79 Å². The van der Waals surface area contributed by atoms with Crippen LogP contribution in [0.2, 0.25) is 0 Å². The number of hydrogen-bond donors (Lipinski definition) is 0. The number of carbonyl (C=O) groups excluding carboxylic acids is 2. The molecule has 3 nitrogen and oxygen atoms in total. The van der Waals surface area contributed by atoms with Crippen molar-refractivity contribution in [3.63, 3.8) is 0 Å². The second-order valence-electron chi connectivity index (χ2n) is 4.15. The van der Waals surface area contributed by atoms with E-state index in [1.165, 1.54) is 0 Å². The fourth-order valence-electron chi connectivity index (χ4n) is 2.13. The third kappa shape index (κ3) is 2.78. The van der Waals surface area contributed by atoms with E-state index < -0.39 is 11.8 Å². The Kier molecular flexibility index (Phi) is 5.08. The highest BCUT2D eigenvalue weighted by atomic mass is 16.5. The van der Waals surface area contributed by atoms with Crippen LogP contribution < -0.4 is 0 Å². The molecule has 1 rings (SSSR count). The van der Waals surface area contributed by atoms with Crippen LogP contribution in [0.5, 0.6) is 0 Å². The lowest BCUT2D eigenvalue weighted by Crippen LogP contribution is -2.21. The molecule has 0 atom stereocenters. The van der Waals surface area contributed by atoms with Crippen LogP contribution in [-0.4, -0.2) is 18.4 Å². The Morgan fingerprint density at radius 1 is 1.11 bits per heavy atom. The van der Waals surface area contributed by atoms with Crippen molar-refractivity contribution in [1.82, 2.24) is 0 Å². The third-order valence-electron chi connectivity index (χ3n) is 3.06. The van der Waals surface area contributed by atoms with Gasteiger partial charge in [0.05, 0.1) is 6.61 Å². The molecule has 0 amide bonds. The van der Waals surface area contributed by atoms with Crippen molar-refractivity contribution in [3.8, 4) is 0 Å². The highest BCUT2D eigenvalue weighted by Crippen LogP contribution is 2.21. The maximum Gasteiger partial charge on any atom is 0.379 e. The van der Waals surface area contributed by atoms with E-state index in [2.05, 4.69) is 0 Å². The number of ether oxygens (including phenoxy) is 1. The lowest BCUT2D eigenvalue weighted by Gasteiger charge is -2.14. The van der Waals surface area contributed by atoms with Crippen molar-refractivity contribution in [2.75, 3.05) is 6.61 Å². The molecule has 3 heteroatoms. The second kappa shape index (κ2) is 6.34. The molecule has 0 unspecified atom stereocenters. The molecule has 0 aliphatic heterocycles. The molecule has 1 aromatic rings. The zero-order chi connectivity index (χ0) is 13.7. The minimum Gasteiger partial charge on any atom is -0.460 e. The fourth-order valence-corrected chi connectivity index (χ4v) is 2.13. The molecule has 0 bridgehead atoms. The van der Waals surface area contributed by atoms with Crippen LogP contribution >= 0.6 is 0 Å². The van der Waals surface area contributed by atoms with Gasteiger partial charge in [0.1, 0.15) is 0 Å². The lowest BCUT2D eigenvalue weighted by atomic mass is 9.91. The minimum atomic E-state index is -0.757. The van der Waals surface area contributed by atoms with Gasteiger partial charge in [-0.2, -0.15) is 0 Å². The summed E-state index contributed by atoms with van der Waals surface area (Å²) in [6.45, 7) is 7.85. The second-order valence-corrected chi connectivity index (χ2v) is 4.15. The predicted octanol–water partition coefficient (Wildman–Crippen LogP) is 2.87. The third-order valence-corrected chi connectivity index (χ3v) is 3.06. The largest absolute Gasteiger partial charge is 0.460 e. The van der Waals surface area contributed by atoms with E-state index in [1.54, 1.807) is 6.92 Å². The van der Waals surface area contributed by atoms with Gasteiger partial charge in [0.2, 0.25) is 0 Å². The summed E-state index contributed by atoms with van der Waals surface area (Å²) in [7, 11) is 0. The van der Waals surface area contributed by atoms with Crippen molar-refractivity contribution in [2.45, 2.75) is 40.5 Å². The van der Waals surface area contributed by atoms with Gasteiger partial charge in [0.15, 0.2) is 0 Å². The molecule has 1 aromatic carbocycles. The number of carbonyl (C=O) groups is 2. The first-order chi connectivity index (χ1) is 8.56. The monoisotopic (exact) mass is 248 g/mol. The molecule has 0 saturated heterocycles. The standard InChI is InChI=1S/C15H20O3/c1-5-11-9-8-10(4)12(6-2)13(11)14(16)15(17)18-7-3/h8-9H,5-7H2,1-4H3. The normalized spacial score (nSPS) is 10.2. The van der Waals surface area contributed by atoms with Crippen molar-refractivity contribution in [2.24, 2.45) is 0 Å². The minimum absolute atomic E-state index is 0.222. The molecular weight excluding hydrogens is 228 g/mol. The van der Waals surface area contributed by atoms with Crippen LogP contribution in [-0.2, 0) is 22.4 Å². The summed E-state index contributed by atoms with van der Waals surface area (Å²) in [5.74, 6) is -1.28. The highest BCUT2D eigenvalue weighted by Gasteiger charge is 2.23. The van der Waals surface area contributed by atoms with Gasteiger partial charge in [-0.15, -0.1) is 0 Å². The molecule has 0 fully saturated rings. The first-order valence-corrected chi connectivity index (χ1v) is 6.39. The first-order valence-electron chi connectivity index (χ1n) is 6.39. The summed E-state index contributed by atoms with van der Waals surface area (Å²) in [5.41, 5.74) is 3.45. The number of rotatable bonds is 5. The number of ketones is 1. The Bertz CT molecular complexity index is 461. The Labute approximate surface area is 108 Å². The summed E-state index contributed by atoms with van der Waals surface area (Å²) in [4.78, 5) is 23.8. The zero-order valence-electron chi connectivity index (χ0n) is 11.5. The van der Waals surface area contributed by atoms with Gasteiger partial charge in [0, 0.05) is 5.56 Å². The van der Waals surface area contributed by atoms with Crippen LogP contribution in [0.25, 0.3) is 0 Å². The number of esters is 1. The van der Waals surface area contributed by atoms with Gasteiger partial charge < -0.3 is 4.74 Å². The molecular formula is C15H20O3. The topological polar surface area (TPSA) is 43.4 Å². The van der Waals surface area contributed by atoms with E-state index in [4.69, 9.17) is 4.74 Å². The predicted molar refractivity (Wildman–Crippen MR) is 70.9 cm³/mol. The summed E-state index contributed by atoms with van der Waals surface area (Å²) < 4.78 is 4.81. The molecule has 0 aliphatic carbocycles. The maximum absolute atomic E-state index is 12.2. The average Bonchev–Trinajstić information content (AvgIpc) is 2.37. The van der Waals surface area contributed by atoms with Crippen LogP contribution in [0.4, 0.5) is 0 Å². The van der Waals surface area contributed by atoms with Crippen LogP contribution in [0, 0.1) is 6.92 Å². The van der Waals surface area contributed by atoms with Gasteiger partial charge in [-0.1, -0.05) is 26.0 Å². The molecule has 0 N–H and O–H groups in total. The summed E-state index contributed by atoms with van der Waals surface area (Å²) >= 11 is 0. The number of hydrogen-bond acceptors (Lipinski definition) is 3. The van der Waals surface area contributed by atoms with Crippen molar-refractivity contribution < 1.29 is 14.3 Å². The van der Waals surface area contributed by atoms with Crippen LogP contribution in [0.15, 0.2) is 12.1 Å². The number of Topliss-reactive ketones (excluding diaryl/α,β-unsaturated/α-hetero) is 1. The molecule has 0 saturated carbocycles. The molecule has 0 heterocycles. The molecule has 18 heavy (non-hydrogen) atoms. The molecule has 0 aromatic heterocycles. The van der Waals surface area contributed by atoms with E-state index >= 15 is 0 Å². The molecule has 0 radical (unpaired) electrons. The van der Waals surface area contributed by atoms with Crippen molar-refractivity contribution >= 4 is 11.8 Å². The van der Waals surface area contributed by atoms with E-state index in [1.807, 2.05) is 32.9 Å². The summed E-state index contributed by atoms with van der Waals surface area (Å²) in [6, 6.07) is 3.92. The number of benzene rings is 1. The first kappa shape index (κ1) is 14.4. The Morgan fingerprint density at radius 2 is 1.78 bits per heavy atom. The van der Waals surface area contributed by atoms with Crippen molar-refractivity contribution in [3.05, 3.63) is 34.4 Å². The molecule has 98 valence electrons. The summed E-state index contributed by atoms with van der Waals surface area (Å²) in [6.07, 6.45) is 1.47. The van der Waals surface area contributed by atoms with Gasteiger partial charge in [-0.25, -0.2) is 4.79 Å². The van der Waals surface area contributed by atoms with E-state index in [-0.39, 0.29) is 6.61 Å². The zero-order valence-corrected chi connectivity index (χ0v) is 11.5. The molecule has 0 spiro atoms. The van der Waals surface area contributed by atoms with E-state index in [0.29, 0.717) is 5.56 Å². The highest BCUT2D eigenvalue weighted by molar-refractivity contribution is 6.41. The quantitative estimate of drug-likeness (QED) is 0.457. The Morgan fingerprint density at radius 3 is 2.28 bits per heavy atom. The fraction of sp³-hybridized carbons (Fsp3) is 0.467. The number of aryl methyl sites for hydroxylation is 2. The van der Waals surface area contributed by atoms with Gasteiger partial charge >= 0.3 is 5.97 Å². The SMILES string of the molecule is CCOC(=O)C(=O)c1c(CC)ccc(C)c1CC. The van der Waals surface area contributed by atoms with Gasteiger partial charge in [-0.05, 0) is 43.4 Å². The average molecular weight is 248 g/mol. The van der Waals surface area contributed by atoms with Crippen LogP contribution in [0.1, 0.15) is 47.8 Å². The van der Waals surface area contributed by atoms with Gasteiger partial charge in [0.25, 0.3) is 5.78 Å².